The predicted molar refractivity (Wildman–Crippen MR) is 115 cm³/mol. The average molecular weight is 397 g/mol. The Morgan fingerprint density at radius 2 is 1.93 bits per heavy atom. The Hall–Kier alpha value is -2.50. The number of rotatable bonds is 5. The molecule has 2 saturated heterocycles. The van der Waals surface area contributed by atoms with Crippen LogP contribution in [0.2, 0.25) is 0 Å². The van der Waals surface area contributed by atoms with E-state index in [-0.39, 0.29) is 11.9 Å². The van der Waals surface area contributed by atoms with Gasteiger partial charge in [-0.25, -0.2) is 4.79 Å². The molecule has 2 N–H and O–H groups in total. The molecular weight excluding hydrogens is 364 g/mol. The number of nitrogens with zero attached hydrogens (tertiary/aromatic N) is 2. The van der Waals surface area contributed by atoms with Crippen molar-refractivity contribution in [3.8, 4) is 0 Å². The highest BCUT2D eigenvalue weighted by atomic mass is 16.2. The number of aromatic nitrogens is 1. The fraction of sp³-hybridized carbons (Fsp3) is 0.565. The van der Waals surface area contributed by atoms with Crippen LogP contribution >= 0.6 is 0 Å². The first-order valence-corrected chi connectivity index (χ1v) is 11.1. The van der Waals surface area contributed by atoms with Crippen LogP contribution in [-0.2, 0) is 4.79 Å². The Morgan fingerprint density at radius 3 is 2.79 bits per heavy atom. The number of nitrogens with one attached hydrogen (secondary N) is 2. The third-order valence-corrected chi connectivity index (χ3v) is 6.40. The average Bonchev–Trinajstić information content (AvgIpc) is 3.08. The number of piperidine rings is 1. The zero-order chi connectivity index (χ0) is 20.1. The number of fused-ring (bicyclic) bond motifs is 1. The van der Waals surface area contributed by atoms with E-state index in [1.807, 2.05) is 9.80 Å². The van der Waals surface area contributed by atoms with E-state index in [0.717, 1.165) is 64.7 Å². The Morgan fingerprint density at radius 1 is 1.10 bits per heavy atom. The van der Waals surface area contributed by atoms with Crippen LogP contribution in [0.15, 0.2) is 30.5 Å². The molecule has 2 fully saturated rings. The molecule has 1 aromatic carbocycles. The van der Waals surface area contributed by atoms with Gasteiger partial charge in [0.1, 0.15) is 0 Å². The number of amides is 3. The van der Waals surface area contributed by atoms with Crippen LogP contribution in [0.5, 0.6) is 0 Å². The largest absolute Gasteiger partial charge is 0.361 e. The molecule has 0 bridgehead atoms. The van der Waals surface area contributed by atoms with Gasteiger partial charge in [0.15, 0.2) is 0 Å². The molecule has 156 valence electrons. The second kappa shape index (κ2) is 9.33. The Balaban J connectivity index is 1.20. The van der Waals surface area contributed by atoms with Crippen molar-refractivity contribution in [3.63, 3.8) is 0 Å². The third kappa shape index (κ3) is 4.74. The molecule has 3 amide bonds. The highest BCUT2D eigenvalue weighted by molar-refractivity contribution is 5.83. The fourth-order valence-electron chi connectivity index (χ4n) is 4.68. The molecule has 0 atom stereocenters. The van der Waals surface area contributed by atoms with Gasteiger partial charge in [-0.15, -0.1) is 0 Å². The van der Waals surface area contributed by atoms with Crippen molar-refractivity contribution in [3.05, 3.63) is 36.0 Å². The molecule has 0 saturated carbocycles. The van der Waals surface area contributed by atoms with E-state index < -0.39 is 0 Å². The Kier molecular flexibility index (Phi) is 6.37. The zero-order valence-corrected chi connectivity index (χ0v) is 17.2. The predicted octanol–water partition coefficient (Wildman–Crippen LogP) is 3.85. The molecule has 0 aliphatic carbocycles. The lowest BCUT2D eigenvalue weighted by Crippen LogP contribution is -2.44. The van der Waals surface area contributed by atoms with Gasteiger partial charge in [-0.3, -0.25) is 4.79 Å². The summed E-state index contributed by atoms with van der Waals surface area (Å²) in [5.74, 6) is 0.775. The summed E-state index contributed by atoms with van der Waals surface area (Å²) >= 11 is 0. The summed E-state index contributed by atoms with van der Waals surface area (Å²) in [4.78, 5) is 31.8. The van der Waals surface area contributed by atoms with Crippen molar-refractivity contribution < 1.29 is 9.59 Å². The van der Waals surface area contributed by atoms with Crippen molar-refractivity contribution in [2.24, 2.45) is 0 Å². The van der Waals surface area contributed by atoms with Gasteiger partial charge >= 0.3 is 6.03 Å². The monoisotopic (exact) mass is 396 g/mol. The number of carbonyl (C=O) groups excluding carboxylic acids is 2. The molecule has 6 nitrogen and oxygen atoms in total. The number of hydrogen-bond acceptors (Lipinski definition) is 2. The number of H-pyrrole nitrogens is 1. The molecule has 0 radical (unpaired) electrons. The first-order valence-electron chi connectivity index (χ1n) is 11.1. The van der Waals surface area contributed by atoms with E-state index in [2.05, 4.69) is 40.8 Å². The number of likely N-dealkylation sites (tertiary alicyclic amines) is 2. The molecule has 1 aromatic heterocycles. The number of para-hydroxylation sites is 1. The maximum absolute atomic E-state index is 12.5. The maximum atomic E-state index is 12.5. The molecule has 2 aliphatic heterocycles. The molecule has 2 aromatic rings. The molecule has 3 heterocycles. The molecule has 0 unspecified atom stereocenters. The standard InChI is InChI=1S/C23H32N4O2/c28-22-9-2-1-5-13-26(22)14-6-12-24-23(29)27-15-10-18(11-16-27)20-17-25-21-8-4-3-7-19(20)21/h3-4,7-8,17-18,25H,1-2,5-6,9-16H2,(H,24,29). The summed E-state index contributed by atoms with van der Waals surface area (Å²) in [6, 6.07) is 8.46. The summed E-state index contributed by atoms with van der Waals surface area (Å²) in [6.07, 6.45) is 8.89. The van der Waals surface area contributed by atoms with Crippen molar-refractivity contribution in [1.29, 1.82) is 0 Å². The number of urea groups is 1. The smallest absolute Gasteiger partial charge is 0.317 e. The molecule has 4 rings (SSSR count). The maximum Gasteiger partial charge on any atom is 0.317 e. The van der Waals surface area contributed by atoms with Crippen LogP contribution in [0, 0.1) is 0 Å². The summed E-state index contributed by atoms with van der Waals surface area (Å²) < 4.78 is 0. The second-order valence-corrected chi connectivity index (χ2v) is 8.33. The van der Waals surface area contributed by atoms with Crippen LogP contribution in [0.3, 0.4) is 0 Å². The highest BCUT2D eigenvalue weighted by Crippen LogP contribution is 2.33. The van der Waals surface area contributed by atoms with Crippen LogP contribution in [0.4, 0.5) is 4.79 Å². The van der Waals surface area contributed by atoms with Crippen molar-refractivity contribution in [1.82, 2.24) is 20.1 Å². The van der Waals surface area contributed by atoms with Gasteiger partial charge in [-0.05, 0) is 49.7 Å². The van der Waals surface area contributed by atoms with Gasteiger partial charge < -0.3 is 20.1 Å². The topological polar surface area (TPSA) is 68.4 Å². The quantitative estimate of drug-likeness (QED) is 0.754. The zero-order valence-electron chi connectivity index (χ0n) is 17.2. The van der Waals surface area contributed by atoms with E-state index >= 15 is 0 Å². The van der Waals surface area contributed by atoms with Gasteiger partial charge in [-0.2, -0.15) is 0 Å². The molecule has 6 heteroatoms. The SMILES string of the molecule is O=C1CCCCCN1CCCNC(=O)N1CCC(c2c[nH]c3ccccc23)CC1. The van der Waals surface area contributed by atoms with Gasteiger partial charge in [0, 0.05) is 56.2 Å². The van der Waals surface area contributed by atoms with E-state index in [4.69, 9.17) is 0 Å². The number of aromatic amines is 1. The summed E-state index contributed by atoms with van der Waals surface area (Å²) in [7, 11) is 0. The van der Waals surface area contributed by atoms with Gasteiger partial charge in [-0.1, -0.05) is 24.6 Å². The minimum atomic E-state index is 0.0320. The van der Waals surface area contributed by atoms with E-state index in [1.54, 1.807) is 0 Å². The van der Waals surface area contributed by atoms with Crippen LogP contribution in [0.1, 0.15) is 56.4 Å². The number of benzene rings is 1. The van der Waals surface area contributed by atoms with Crippen molar-refractivity contribution in [2.75, 3.05) is 32.7 Å². The minimum absolute atomic E-state index is 0.0320. The molecular formula is C23H32N4O2. The van der Waals surface area contributed by atoms with Crippen LogP contribution in [0.25, 0.3) is 10.9 Å². The van der Waals surface area contributed by atoms with Crippen molar-refractivity contribution >= 4 is 22.8 Å². The lowest BCUT2D eigenvalue weighted by atomic mass is 9.89. The molecule has 2 aliphatic rings. The van der Waals surface area contributed by atoms with E-state index in [9.17, 15) is 9.59 Å². The Labute approximate surface area is 172 Å². The molecule has 0 spiro atoms. The lowest BCUT2D eigenvalue weighted by molar-refractivity contribution is -0.130. The second-order valence-electron chi connectivity index (χ2n) is 8.33. The normalized spacial score (nSPS) is 18.8. The lowest BCUT2D eigenvalue weighted by Gasteiger charge is -2.32. The highest BCUT2D eigenvalue weighted by Gasteiger charge is 2.25. The van der Waals surface area contributed by atoms with Crippen molar-refractivity contribution in [2.45, 2.75) is 50.9 Å². The number of carbonyl (C=O) groups is 2. The minimum Gasteiger partial charge on any atom is -0.361 e. The van der Waals surface area contributed by atoms with Crippen LogP contribution < -0.4 is 5.32 Å². The summed E-state index contributed by atoms with van der Waals surface area (Å²) in [6.45, 7) is 3.84. The van der Waals surface area contributed by atoms with Gasteiger partial charge in [0.05, 0.1) is 0 Å². The molecule has 29 heavy (non-hydrogen) atoms. The first-order chi connectivity index (χ1) is 14.2. The summed E-state index contributed by atoms with van der Waals surface area (Å²) in [5.41, 5.74) is 2.56. The third-order valence-electron chi connectivity index (χ3n) is 6.40. The van der Waals surface area contributed by atoms with E-state index in [0.29, 0.717) is 18.9 Å². The first kappa shape index (κ1) is 19.8. The van der Waals surface area contributed by atoms with Gasteiger partial charge in [0.2, 0.25) is 5.91 Å². The van der Waals surface area contributed by atoms with E-state index in [1.165, 1.54) is 16.5 Å². The summed E-state index contributed by atoms with van der Waals surface area (Å²) in [5, 5.41) is 4.35. The number of hydrogen-bond donors (Lipinski definition) is 2. The van der Waals surface area contributed by atoms with Gasteiger partial charge in [0.25, 0.3) is 0 Å². The fourth-order valence-corrected chi connectivity index (χ4v) is 4.68. The van der Waals surface area contributed by atoms with Crippen LogP contribution in [-0.4, -0.2) is 59.4 Å². The Bertz CT molecular complexity index is 838.